The highest BCUT2D eigenvalue weighted by Gasteiger charge is 2.20. The molecule has 0 aliphatic carbocycles. The van der Waals surface area contributed by atoms with Gasteiger partial charge >= 0.3 is 5.97 Å². The van der Waals surface area contributed by atoms with Crippen molar-refractivity contribution in [2.75, 3.05) is 12.4 Å². The number of imidazole rings is 1. The Balaban J connectivity index is 1.54. The number of carbonyl (C=O) groups is 1. The summed E-state index contributed by atoms with van der Waals surface area (Å²) in [4.78, 5) is 17.8. The molecule has 0 bridgehead atoms. The molecule has 3 aromatic carbocycles. The molecule has 2 heterocycles. The maximum absolute atomic E-state index is 13.0. The van der Waals surface area contributed by atoms with Gasteiger partial charge in [0.25, 0.3) is 0 Å². The molecule has 1 N–H and O–H groups in total. The molecule has 0 spiro atoms. The zero-order valence-electron chi connectivity index (χ0n) is 18.9. The van der Waals surface area contributed by atoms with Crippen molar-refractivity contribution in [3.05, 3.63) is 113 Å². The number of halogens is 1. The molecule has 2 aromatic heterocycles. The number of carbonyl (C=O) groups excluding carboxylic acids is 1. The first-order chi connectivity index (χ1) is 17.1. The number of anilines is 1. The molecule has 174 valence electrons. The number of para-hydroxylation sites is 1. The Morgan fingerprint density at radius 3 is 2.60 bits per heavy atom. The third-order valence-corrected chi connectivity index (χ3v) is 6.00. The molecule has 0 unspecified atom stereocenters. The van der Waals surface area contributed by atoms with E-state index in [9.17, 15) is 4.79 Å². The van der Waals surface area contributed by atoms with Crippen LogP contribution in [-0.4, -0.2) is 22.5 Å². The number of hydrogen-bond acceptors (Lipinski definition) is 5. The number of esters is 1. The predicted molar refractivity (Wildman–Crippen MR) is 140 cm³/mol. The van der Waals surface area contributed by atoms with Crippen LogP contribution in [0.5, 0.6) is 11.5 Å². The van der Waals surface area contributed by atoms with Crippen molar-refractivity contribution in [2.24, 2.45) is 0 Å². The normalized spacial score (nSPS) is 10.8. The lowest BCUT2D eigenvalue weighted by atomic mass is 10.1. The van der Waals surface area contributed by atoms with E-state index in [2.05, 4.69) is 33.4 Å². The number of ether oxygens (including phenoxy) is 2. The van der Waals surface area contributed by atoms with Crippen molar-refractivity contribution in [1.82, 2.24) is 9.38 Å². The molecule has 35 heavy (non-hydrogen) atoms. The van der Waals surface area contributed by atoms with Gasteiger partial charge in [-0.15, -0.1) is 0 Å². The van der Waals surface area contributed by atoms with Crippen molar-refractivity contribution in [3.8, 4) is 22.8 Å². The van der Waals surface area contributed by atoms with Crippen molar-refractivity contribution in [3.63, 3.8) is 0 Å². The third-order valence-electron chi connectivity index (χ3n) is 5.54. The number of aromatic nitrogens is 2. The summed E-state index contributed by atoms with van der Waals surface area (Å²) in [6.45, 7) is 0.611. The van der Waals surface area contributed by atoms with E-state index in [1.165, 1.54) is 0 Å². The molecule has 0 aliphatic rings. The molecule has 0 aliphatic heterocycles. The second kappa shape index (κ2) is 10.0. The molecule has 0 saturated heterocycles. The molecule has 7 heteroatoms. The van der Waals surface area contributed by atoms with E-state index in [0.29, 0.717) is 34.9 Å². The number of hydrogen-bond donors (Lipinski definition) is 1. The van der Waals surface area contributed by atoms with Crippen molar-refractivity contribution >= 4 is 33.4 Å². The van der Waals surface area contributed by atoms with Gasteiger partial charge in [0.2, 0.25) is 0 Å². The zero-order valence-corrected chi connectivity index (χ0v) is 20.5. The lowest BCUT2D eigenvalue weighted by Crippen LogP contribution is -2.09. The number of fused-ring (bicyclic) bond motifs is 1. The number of benzene rings is 3. The fourth-order valence-electron chi connectivity index (χ4n) is 3.82. The smallest absolute Gasteiger partial charge is 0.343 e. The molecule has 0 saturated carbocycles. The summed E-state index contributed by atoms with van der Waals surface area (Å²) in [5.74, 6) is 1.34. The minimum atomic E-state index is -0.471. The second-order valence-electron chi connectivity index (χ2n) is 7.84. The van der Waals surface area contributed by atoms with E-state index in [-0.39, 0.29) is 0 Å². The Labute approximate surface area is 211 Å². The molecule has 6 nitrogen and oxygen atoms in total. The summed E-state index contributed by atoms with van der Waals surface area (Å²) in [5, 5.41) is 3.53. The van der Waals surface area contributed by atoms with Crippen LogP contribution in [0.25, 0.3) is 16.9 Å². The minimum Gasteiger partial charge on any atom is -0.497 e. The highest BCUT2D eigenvalue weighted by molar-refractivity contribution is 9.10. The monoisotopic (exact) mass is 527 g/mol. The predicted octanol–water partition coefficient (Wildman–Crippen LogP) is 6.60. The molecular weight excluding hydrogens is 506 g/mol. The van der Waals surface area contributed by atoms with Crippen LogP contribution < -0.4 is 14.8 Å². The topological polar surface area (TPSA) is 64.9 Å². The first-order valence-electron chi connectivity index (χ1n) is 11.0. The molecule has 0 atom stereocenters. The van der Waals surface area contributed by atoms with E-state index < -0.39 is 5.97 Å². The van der Waals surface area contributed by atoms with E-state index in [1.54, 1.807) is 37.4 Å². The fourth-order valence-corrected chi connectivity index (χ4v) is 4.15. The Morgan fingerprint density at radius 2 is 1.77 bits per heavy atom. The summed E-state index contributed by atoms with van der Waals surface area (Å²) in [6, 6.07) is 28.3. The lowest BCUT2D eigenvalue weighted by molar-refractivity contribution is 0.0735. The third kappa shape index (κ3) is 4.90. The van der Waals surface area contributed by atoms with Gasteiger partial charge in [0.15, 0.2) is 0 Å². The Morgan fingerprint density at radius 1 is 0.971 bits per heavy atom. The molecule has 5 aromatic rings. The van der Waals surface area contributed by atoms with Crippen LogP contribution in [0.2, 0.25) is 0 Å². The number of pyridine rings is 1. The summed E-state index contributed by atoms with van der Waals surface area (Å²) >= 11 is 3.56. The maximum atomic E-state index is 13.0. The van der Waals surface area contributed by atoms with Crippen molar-refractivity contribution < 1.29 is 14.3 Å². The summed E-state index contributed by atoms with van der Waals surface area (Å²) < 4.78 is 14.0. The average molecular weight is 528 g/mol. The fraction of sp³-hybridized carbons (Fsp3) is 0.0714. The Hall–Kier alpha value is -4.10. The van der Waals surface area contributed by atoms with Gasteiger partial charge in [-0.05, 0) is 64.0 Å². The van der Waals surface area contributed by atoms with E-state index in [1.807, 2.05) is 59.1 Å². The van der Waals surface area contributed by atoms with Gasteiger partial charge in [-0.1, -0.05) is 48.5 Å². The highest BCUT2D eigenvalue weighted by Crippen LogP contribution is 2.36. The van der Waals surface area contributed by atoms with Crippen molar-refractivity contribution in [2.45, 2.75) is 6.54 Å². The highest BCUT2D eigenvalue weighted by atomic mass is 79.9. The molecule has 0 amide bonds. The van der Waals surface area contributed by atoms with Crippen LogP contribution in [0.4, 0.5) is 5.82 Å². The summed E-state index contributed by atoms with van der Waals surface area (Å²) in [5.41, 5.74) is 3.71. The molecular formula is C28H22BrN3O3. The SMILES string of the molecule is COc1cccc(C(=O)Oc2ccccc2-c2nc3ccc(Br)cn3c2NCc2ccccc2)c1. The van der Waals surface area contributed by atoms with Crippen LogP contribution in [0, 0.1) is 0 Å². The van der Waals surface area contributed by atoms with Crippen LogP contribution in [0.15, 0.2) is 102 Å². The summed E-state index contributed by atoms with van der Waals surface area (Å²) in [7, 11) is 1.56. The minimum absolute atomic E-state index is 0.403. The maximum Gasteiger partial charge on any atom is 0.343 e. The van der Waals surface area contributed by atoms with Crippen molar-refractivity contribution in [1.29, 1.82) is 0 Å². The van der Waals surface area contributed by atoms with Gasteiger partial charge in [0.1, 0.15) is 28.7 Å². The van der Waals surface area contributed by atoms with Gasteiger partial charge in [0, 0.05) is 22.8 Å². The molecule has 5 rings (SSSR count). The van der Waals surface area contributed by atoms with Gasteiger partial charge in [-0.3, -0.25) is 4.40 Å². The van der Waals surface area contributed by atoms with Crippen LogP contribution in [0.3, 0.4) is 0 Å². The first-order valence-corrected chi connectivity index (χ1v) is 11.8. The van der Waals surface area contributed by atoms with Crippen LogP contribution in [0.1, 0.15) is 15.9 Å². The van der Waals surface area contributed by atoms with Crippen LogP contribution >= 0.6 is 15.9 Å². The largest absolute Gasteiger partial charge is 0.497 e. The second-order valence-corrected chi connectivity index (χ2v) is 8.76. The quantitative estimate of drug-likeness (QED) is 0.190. The zero-order chi connectivity index (χ0) is 24.2. The van der Waals surface area contributed by atoms with E-state index in [0.717, 1.165) is 21.5 Å². The number of methoxy groups -OCH3 is 1. The Bertz CT molecular complexity index is 1500. The Kier molecular flexibility index (Phi) is 6.50. The number of nitrogens with zero attached hydrogens (tertiary/aromatic N) is 2. The van der Waals surface area contributed by atoms with E-state index in [4.69, 9.17) is 14.5 Å². The summed E-state index contributed by atoms with van der Waals surface area (Å²) in [6.07, 6.45) is 1.96. The van der Waals surface area contributed by atoms with Gasteiger partial charge in [0.05, 0.1) is 12.7 Å². The van der Waals surface area contributed by atoms with Gasteiger partial charge in [-0.25, -0.2) is 9.78 Å². The lowest BCUT2D eigenvalue weighted by Gasteiger charge is -2.12. The number of nitrogens with one attached hydrogen (secondary N) is 1. The standard InChI is InChI=1S/C28H22BrN3O3/c1-34-22-11-7-10-20(16-22)28(33)35-24-13-6-5-12-23(24)26-27(30-17-19-8-3-2-4-9-19)32-18-21(29)14-15-25(32)31-26/h2-16,18,30H,17H2,1H3. The van der Waals surface area contributed by atoms with Crippen LogP contribution in [-0.2, 0) is 6.54 Å². The van der Waals surface area contributed by atoms with Gasteiger partial charge < -0.3 is 14.8 Å². The van der Waals surface area contributed by atoms with E-state index >= 15 is 0 Å². The van der Waals surface area contributed by atoms with Gasteiger partial charge in [-0.2, -0.15) is 0 Å². The molecule has 0 fully saturated rings. The average Bonchev–Trinajstić information content (AvgIpc) is 3.25. The number of rotatable bonds is 7. The molecule has 0 radical (unpaired) electrons. The first kappa shape index (κ1) is 22.7.